The molecule has 0 radical (unpaired) electrons. The van der Waals surface area contributed by atoms with Crippen LogP contribution in [0.5, 0.6) is 5.75 Å². The molecular formula is C23H23Cl2N9O2. The fourth-order valence-corrected chi connectivity index (χ4v) is 4.71. The predicted octanol–water partition coefficient (Wildman–Crippen LogP) is 3.35. The second kappa shape index (κ2) is 10.1. The monoisotopic (exact) mass is 527 g/mol. The van der Waals surface area contributed by atoms with Crippen LogP contribution in [0.1, 0.15) is 18.2 Å². The number of aromatic amines is 1. The third-order valence-electron chi connectivity index (χ3n) is 5.97. The third-order valence-corrected chi connectivity index (χ3v) is 6.58. The van der Waals surface area contributed by atoms with Gasteiger partial charge in [0.1, 0.15) is 11.4 Å². The Balaban J connectivity index is 1.36. The molecule has 2 amide bonds. The number of nitrogens with zero attached hydrogens (tertiary/aromatic N) is 6. The van der Waals surface area contributed by atoms with Crippen LogP contribution >= 0.6 is 23.2 Å². The highest BCUT2D eigenvalue weighted by Crippen LogP contribution is 2.33. The molecule has 4 heterocycles. The number of pyridine rings is 1. The van der Waals surface area contributed by atoms with Crippen LogP contribution < -0.4 is 21.1 Å². The number of benzene rings is 1. The minimum Gasteiger partial charge on any atom is -0.471 e. The number of aromatic nitrogens is 5. The van der Waals surface area contributed by atoms with Crippen LogP contribution in [0.4, 0.5) is 10.7 Å². The van der Waals surface area contributed by atoms with E-state index in [1.54, 1.807) is 23.4 Å². The number of primary amides is 1. The first-order valence-electron chi connectivity index (χ1n) is 11.2. The quantitative estimate of drug-likeness (QED) is 0.334. The molecule has 1 aliphatic heterocycles. The zero-order valence-electron chi connectivity index (χ0n) is 19.1. The van der Waals surface area contributed by atoms with Crippen molar-refractivity contribution in [1.82, 2.24) is 30.0 Å². The van der Waals surface area contributed by atoms with E-state index >= 15 is 0 Å². The molecule has 0 unspecified atom stereocenters. The molecule has 0 spiro atoms. The Morgan fingerprint density at radius 3 is 2.53 bits per heavy atom. The molecule has 5 rings (SSSR count). The molecule has 0 aliphatic carbocycles. The highest BCUT2D eigenvalue weighted by molar-refractivity contribution is 6.35. The van der Waals surface area contributed by atoms with Gasteiger partial charge in [-0.3, -0.25) is 15.8 Å². The molecule has 1 saturated heterocycles. The van der Waals surface area contributed by atoms with Gasteiger partial charge in [0, 0.05) is 67.5 Å². The highest BCUT2D eigenvalue weighted by atomic mass is 35.5. The lowest BCUT2D eigenvalue weighted by atomic mass is 10.1. The van der Waals surface area contributed by atoms with Gasteiger partial charge in [0.05, 0.1) is 15.6 Å². The van der Waals surface area contributed by atoms with Crippen LogP contribution in [0, 0.1) is 0 Å². The van der Waals surface area contributed by atoms with Gasteiger partial charge in [-0.2, -0.15) is 5.10 Å². The zero-order valence-corrected chi connectivity index (χ0v) is 20.6. The summed E-state index contributed by atoms with van der Waals surface area (Å²) in [5.41, 5.74) is 14.3. The molecule has 186 valence electrons. The molecule has 13 heteroatoms. The van der Waals surface area contributed by atoms with Crippen LogP contribution in [-0.2, 0) is 0 Å². The summed E-state index contributed by atoms with van der Waals surface area (Å²) in [7, 11) is 0. The third kappa shape index (κ3) is 4.85. The largest absolute Gasteiger partial charge is 0.471 e. The van der Waals surface area contributed by atoms with Gasteiger partial charge in [0.2, 0.25) is 5.95 Å². The number of amides is 2. The Kier molecular flexibility index (Phi) is 6.77. The van der Waals surface area contributed by atoms with Crippen molar-refractivity contribution in [3.05, 3.63) is 58.6 Å². The average molecular weight is 528 g/mol. The van der Waals surface area contributed by atoms with Crippen LogP contribution in [0.25, 0.3) is 22.2 Å². The van der Waals surface area contributed by atoms with Crippen molar-refractivity contribution in [2.45, 2.75) is 12.6 Å². The SMILES string of the molecule is NC(=O)N1CCCN(c2ncc(-c3n[nH]c4ccc(O[C@H](N)c5c(Cl)cncc5Cl)cc34)cn2)CC1. The van der Waals surface area contributed by atoms with Gasteiger partial charge in [0.25, 0.3) is 0 Å². The van der Waals surface area contributed by atoms with E-state index in [9.17, 15) is 4.79 Å². The van der Waals surface area contributed by atoms with E-state index < -0.39 is 12.3 Å². The van der Waals surface area contributed by atoms with E-state index in [2.05, 4.69) is 25.1 Å². The minimum absolute atomic E-state index is 0.323. The van der Waals surface area contributed by atoms with E-state index in [0.717, 1.165) is 29.4 Å². The molecule has 1 atom stereocenters. The lowest BCUT2D eigenvalue weighted by Crippen LogP contribution is -2.38. The van der Waals surface area contributed by atoms with Crippen molar-refractivity contribution in [2.24, 2.45) is 11.5 Å². The first-order valence-corrected chi connectivity index (χ1v) is 12.0. The smallest absolute Gasteiger partial charge is 0.314 e. The van der Waals surface area contributed by atoms with E-state index in [4.69, 9.17) is 39.4 Å². The molecule has 0 saturated carbocycles. The number of rotatable bonds is 5. The number of fused-ring (bicyclic) bond motifs is 1. The van der Waals surface area contributed by atoms with Crippen molar-refractivity contribution in [1.29, 1.82) is 0 Å². The molecular weight excluding hydrogens is 505 g/mol. The van der Waals surface area contributed by atoms with E-state index in [1.165, 1.54) is 12.4 Å². The van der Waals surface area contributed by atoms with E-state index in [1.807, 2.05) is 17.0 Å². The number of urea groups is 1. The number of carbonyl (C=O) groups excluding carboxylic acids is 1. The number of ether oxygens (including phenoxy) is 1. The first-order chi connectivity index (χ1) is 17.4. The second-order valence-electron chi connectivity index (χ2n) is 8.27. The lowest BCUT2D eigenvalue weighted by Gasteiger charge is -2.20. The van der Waals surface area contributed by atoms with E-state index in [-0.39, 0.29) is 0 Å². The molecule has 5 N–H and O–H groups in total. The minimum atomic E-state index is -0.887. The number of carbonyl (C=O) groups is 1. The molecule has 0 bridgehead atoms. The van der Waals surface area contributed by atoms with Gasteiger partial charge in [0.15, 0.2) is 6.23 Å². The molecule has 4 aromatic rings. The van der Waals surface area contributed by atoms with Gasteiger partial charge in [-0.1, -0.05) is 23.2 Å². The van der Waals surface area contributed by atoms with Gasteiger partial charge >= 0.3 is 6.03 Å². The molecule has 36 heavy (non-hydrogen) atoms. The number of nitrogens with two attached hydrogens (primary N) is 2. The van der Waals surface area contributed by atoms with Crippen molar-refractivity contribution < 1.29 is 9.53 Å². The zero-order chi connectivity index (χ0) is 25.2. The van der Waals surface area contributed by atoms with Crippen molar-refractivity contribution in [3.8, 4) is 17.0 Å². The molecule has 1 aliphatic rings. The second-order valence-corrected chi connectivity index (χ2v) is 9.09. The summed E-state index contributed by atoms with van der Waals surface area (Å²) in [4.78, 5) is 28.2. The summed E-state index contributed by atoms with van der Waals surface area (Å²) >= 11 is 12.4. The maximum atomic E-state index is 11.5. The molecule has 1 fully saturated rings. The summed E-state index contributed by atoms with van der Waals surface area (Å²) in [5.74, 6) is 1.11. The number of halogens is 2. The topological polar surface area (TPSA) is 152 Å². The van der Waals surface area contributed by atoms with E-state index in [0.29, 0.717) is 52.6 Å². The Morgan fingerprint density at radius 2 is 1.81 bits per heavy atom. The van der Waals surface area contributed by atoms with Gasteiger partial charge in [-0.05, 0) is 24.6 Å². The van der Waals surface area contributed by atoms with Crippen LogP contribution in [-0.4, -0.2) is 62.3 Å². The summed E-state index contributed by atoms with van der Waals surface area (Å²) in [6.07, 6.45) is 6.29. The van der Waals surface area contributed by atoms with Crippen molar-refractivity contribution in [3.63, 3.8) is 0 Å². The Hall–Kier alpha value is -3.67. The fraction of sp³-hybridized carbons (Fsp3) is 0.261. The number of H-pyrrole nitrogens is 1. The van der Waals surface area contributed by atoms with Crippen molar-refractivity contribution >= 4 is 46.1 Å². The maximum Gasteiger partial charge on any atom is 0.314 e. The predicted molar refractivity (Wildman–Crippen MR) is 137 cm³/mol. The molecule has 3 aromatic heterocycles. The number of hydrogen-bond donors (Lipinski definition) is 3. The molecule has 11 nitrogen and oxygen atoms in total. The molecule has 1 aromatic carbocycles. The summed E-state index contributed by atoms with van der Waals surface area (Å²) in [6.45, 7) is 2.50. The Bertz CT molecular complexity index is 1380. The maximum absolute atomic E-state index is 11.5. The lowest BCUT2D eigenvalue weighted by molar-refractivity contribution is 0.211. The van der Waals surface area contributed by atoms with Crippen LogP contribution in [0.15, 0.2) is 43.0 Å². The van der Waals surface area contributed by atoms with Crippen LogP contribution in [0.3, 0.4) is 0 Å². The average Bonchev–Trinajstić information content (AvgIpc) is 3.11. The van der Waals surface area contributed by atoms with Gasteiger partial charge in [-0.25, -0.2) is 14.8 Å². The number of nitrogens with one attached hydrogen (secondary N) is 1. The standard InChI is InChI=1S/C23H23Cl2N9O2/c24-16-11-28-12-17(25)19(16)21(26)36-14-2-3-18-15(8-14)20(32-31-18)13-9-29-23(30-10-13)34-5-1-4-33(6-7-34)22(27)35/h2-3,8-12,21H,1,4-7,26H2,(H2,27,35)(H,31,32)/t21-/m0/s1. The number of anilines is 1. The van der Waals surface area contributed by atoms with Crippen molar-refractivity contribution in [2.75, 3.05) is 31.1 Å². The van der Waals surface area contributed by atoms with Crippen LogP contribution in [0.2, 0.25) is 10.0 Å². The Labute approximate surface area is 216 Å². The van der Waals surface area contributed by atoms with Gasteiger partial charge in [-0.15, -0.1) is 0 Å². The normalized spacial score (nSPS) is 15.1. The van der Waals surface area contributed by atoms with Gasteiger partial charge < -0.3 is 20.3 Å². The number of hydrogen-bond acceptors (Lipinski definition) is 8. The fourth-order valence-electron chi connectivity index (χ4n) is 4.13. The first kappa shape index (κ1) is 24.0. The summed E-state index contributed by atoms with van der Waals surface area (Å²) < 4.78 is 5.93. The highest BCUT2D eigenvalue weighted by Gasteiger charge is 2.20. The Morgan fingerprint density at radius 1 is 1.06 bits per heavy atom. The summed E-state index contributed by atoms with van der Waals surface area (Å²) in [5, 5.41) is 8.92. The summed E-state index contributed by atoms with van der Waals surface area (Å²) in [6, 6.07) is 5.05.